The normalized spacial score (nSPS) is 23.7. The van der Waals surface area contributed by atoms with Gasteiger partial charge in [-0.05, 0) is 18.4 Å². The predicted molar refractivity (Wildman–Crippen MR) is 63.5 cm³/mol. The SMILES string of the molecule is O=C(OCc1ccccc1)[C@H]1CCC(=O)[C@H](F)C1. The lowest BCUT2D eigenvalue weighted by Crippen LogP contribution is -2.31. The summed E-state index contributed by atoms with van der Waals surface area (Å²) in [5.41, 5.74) is 0.898. The molecule has 1 aromatic rings. The molecule has 0 aliphatic heterocycles. The Bertz CT molecular complexity index is 430. The number of benzene rings is 1. The van der Waals surface area contributed by atoms with E-state index < -0.39 is 23.8 Å². The molecule has 2 rings (SSSR count). The van der Waals surface area contributed by atoms with Gasteiger partial charge >= 0.3 is 5.97 Å². The Kier molecular flexibility index (Phi) is 4.07. The lowest BCUT2D eigenvalue weighted by Gasteiger charge is -2.22. The molecule has 18 heavy (non-hydrogen) atoms. The standard InChI is InChI=1S/C14H15FO3/c15-12-8-11(6-7-13(12)16)14(17)18-9-10-4-2-1-3-5-10/h1-5,11-12H,6-9H2/t11-,12+/m0/s1. The summed E-state index contributed by atoms with van der Waals surface area (Å²) in [7, 11) is 0. The van der Waals surface area contributed by atoms with E-state index in [4.69, 9.17) is 4.74 Å². The summed E-state index contributed by atoms with van der Waals surface area (Å²) in [6.07, 6.45) is -1.01. The van der Waals surface area contributed by atoms with E-state index in [0.29, 0.717) is 6.42 Å². The zero-order valence-corrected chi connectivity index (χ0v) is 9.97. The first-order valence-electron chi connectivity index (χ1n) is 6.04. The van der Waals surface area contributed by atoms with Crippen molar-refractivity contribution in [1.29, 1.82) is 0 Å². The summed E-state index contributed by atoms with van der Waals surface area (Å²) >= 11 is 0. The van der Waals surface area contributed by atoms with Crippen LogP contribution in [0.4, 0.5) is 4.39 Å². The first-order chi connectivity index (χ1) is 8.66. The number of Topliss-reactive ketones (excluding diaryl/α,β-unsaturated/α-hetero) is 1. The molecular weight excluding hydrogens is 235 g/mol. The molecule has 4 heteroatoms. The fraction of sp³-hybridized carbons (Fsp3) is 0.429. The zero-order valence-electron chi connectivity index (χ0n) is 9.97. The molecule has 1 aliphatic rings. The van der Waals surface area contributed by atoms with Crippen LogP contribution in [-0.2, 0) is 20.9 Å². The van der Waals surface area contributed by atoms with Gasteiger partial charge in [0.1, 0.15) is 6.61 Å². The molecule has 1 aromatic carbocycles. The van der Waals surface area contributed by atoms with Crippen LogP contribution in [0, 0.1) is 5.92 Å². The van der Waals surface area contributed by atoms with Crippen LogP contribution in [0.25, 0.3) is 0 Å². The summed E-state index contributed by atoms with van der Waals surface area (Å²) in [5, 5.41) is 0. The van der Waals surface area contributed by atoms with Gasteiger partial charge in [-0.25, -0.2) is 4.39 Å². The molecule has 96 valence electrons. The second kappa shape index (κ2) is 5.76. The molecular formula is C14H15FO3. The van der Waals surface area contributed by atoms with Crippen LogP contribution in [0.3, 0.4) is 0 Å². The minimum atomic E-state index is -1.51. The third-order valence-electron chi connectivity index (χ3n) is 3.14. The molecule has 1 aliphatic carbocycles. The summed E-state index contributed by atoms with van der Waals surface area (Å²) in [6.45, 7) is 0.196. The third-order valence-corrected chi connectivity index (χ3v) is 3.14. The average molecular weight is 250 g/mol. The number of alkyl halides is 1. The summed E-state index contributed by atoms with van der Waals surface area (Å²) in [6, 6.07) is 9.32. The van der Waals surface area contributed by atoms with Gasteiger partial charge in [0.25, 0.3) is 0 Å². The van der Waals surface area contributed by atoms with Gasteiger partial charge in [-0.15, -0.1) is 0 Å². The van der Waals surface area contributed by atoms with E-state index in [-0.39, 0.29) is 19.4 Å². The highest BCUT2D eigenvalue weighted by atomic mass is 19.1. The Balaban J connectivity index is 1.83. The Morgan fingerprint density at radius 3 is 2.72 bits per heavy atom. The molecule has 2 atom stereocenters. The van der Waals surface area contributed by atoms with E-state index >= 15 is 0 Å². The minimum absolute atomic E-state index is 0.0353. The summed E-state index contributed by atoms with van der Waals surface area (Å²) in [5.74, 6) is -1.29. The van der Waals surface area contributed by atoms with E-state index in [0.717, 1.165) is 5.56 Å². The Labute approximate surface area is 105 Å². The maximum absolute atomic E-state index is 13.2. The minimum Gasteiger partial charge on any atom is -0.461 e. The summed E-state index contributed by atoms with van der Waals surface area (Å²) in [4.78, 5) is 22.7. The van der Waals surface area contributed by atoms with E-state index in [1.165, 1.54) is 0 Å². The van der Waals surface area contributed by atoms with Crippen LogP contribution in [0.5, 0.6) is 0 Å². The molecule has 1 fully saturated rings. The second-order valence-electron chi connectivity index (χ2n) is 4.50. The van der Waals surface area contributed by atoms with E-state index in [1.807, 2.05) is 30.3 Å². The van der Waals surface area contributed by atoms with Crippen molar-refractivity contribution in [2.24, 2.45) is 5.92 Å². The van der Waals surface area contributed by atoms with Gasteiger partial charge in [0.2, 0.25) is 0 Å². The summed E-state index contributed by atoms with van der Waals surface area (Å²) < 4.78 is 18.3. The van der Waals surface area contributed by atoms with Gasteiger partial charge in [0.05, 0.1) is 5.92 Å². The molecule has 0 saturated heterocycles. The average Bonchev–Trinajstić information content (AvgIpc) is 2.40. The van der Waals surface area contributed by atoms with Crippen LogP contribution in [0.15, 0.2) is 30.3 Å². The number of rotatable bonds is 3. The molecule has 0 N–H and O–H groups in total. The molecule has 0 spiro atoms. The number of carbonyl (C=O) groups is 2. The van der Waals surface area contributed by atoms with Crippen molar-refractivity contribution in [1.82, 2.24) is 0 Å². The van der Waals surface area contributed by atoms with Gasteiger partial charge in [-0.1, -0.05) is 30.3 Å². The Morgan fingerprint density at radius 2 is 2.06 bits per heavy atom. The molecule has 0 aromatic heterocycles. The maximum Gasteiger partial charge on any atom is 0.309 e. The lowest BCUT2D eigenvalue weighted by molar-refractivity contribution is -0.152. The highest BCUT2D eigenvalue weighted by Crippen LogP contribution is 2.25. The van der Waals surface area contributed by atoms with Gasteiger partial charge in [-0.3, -0.25) is 9.59 Å². The number of halogens is 1. The van der Waals surface area contributed by atoms with Crippen LogP contribution in [0.1, 0.15) is 24.8 Å². The molecule has 0 heterocycles. The van der Waals surface area contributed by atoms with Crippen molar-refractivity contribution in [2.45, 2.75) is 32.0 Å². The first kappa shape index (κ1) is 12.7. The van der Waals surface area contributed by atoms with Crippen molar-refractivity contribution < 1.29 is 18.7 Å². The topological polar surface area (TPSA) is 43.4 Å². The van der Waals surface area contributed by atoms with Crippen LogP contribution >= 0.6 is 0 Å². The fourth-order valence-electron chi connectivity index (χ4n) is 2.03. The monoisotopic (exact) mass is 250 g/mol. The number of ketones is 1. The number of carbonyl (C=O) groups excluding carboxylic acids is 2. The molecule has 3 nitrogen and oxygen atoms in total. The van der Waals surface area contributed by atoms with Gasteiger partial charge in [0, 0.05) is 6.42 Å². The highest BCUT2D eigenvalue weighted by Gasteiger charge is 2.33. The van der Waals surface area contributed by atoms with Crippen molar-refractivity contribution >= 4 is 11.8 Å². The third kappa shape index (κ3) is 3.15. The Morgan fingerprint density at radius 1 is 1.33 bits per heavy atom. The zero-order chi connectivity index (χ0) is 13.0. The van der Waals surface area contributed by atoms with E-state index in [2.05, 4.69) is 0 Å². The van der Waals surface area contributed by atoms with Crippen LogP contribution in [0.2, 0.25) is 0 Å². The molecule has 0 unspecified atom stereocenters. The van der Waals surface area contributed by atoms with Gasteiger partial charge < -0.3 is 4.74 Å². The number of esters is 1. The quantitative estimate of drug-likeness (QED) is 0.774. The molecule has 0 radical (unpaired) electrons. The number of ether oxygens (including phenoxy) is 1. The van der Waals surface area contributed by atoms with Gasteiger partial charge in [0.15, 0.2) is 12.0 Å². The van der Waals surface area contributed by atoms with Crippen LogP contribution < -0.4 is 0 Å². The van der Waals surface area contributed by atoms with Crippen molar-refractivity contribution in [2.75, 3.05) is 0 Å². The second-order valence-corrected chi connectivity index (χ2v) is 4.50. The fourth-order valence-corrected chi connectivity index (χ4v) is 2.03. The van der Waals surface area contributed by atoms with Crippen molar-refractivity contribution in [3.05, 3.63) is 35.9 Å². The van der Waals surface area contributed by atoms with E-state index in [1.54, 1.807) is 0 Å². The lowest BCUT2D eigenvalue weighted by atomic mass is 9.87. The smallest absolute Gasteiger partial charge is 0.309 e. The predicted octanol–water partition coefficient (Wildman–Crippen LogP) is 2.44. The van der Waals surface area contributed by atoms with Crippen LogP contribution in [-0.4, -0.2) is 17.9 Å². The molecule has 0 bridgehead atoms. The first-order valence-corrected chi connectivity index (χ1v) is 6.04. The Hall–Kier alpha value is -1.71. The largest absolute Gasteiger partial charge is 0.461 e. The highest BCUT2D eigenvalue weighted by molar-refractivity contribution is 5.86. The molecule has 1 saturated carbocycles. The van der Waals surface area contributed by atoms with Crippen molar-refractivity contribution in [3.63, 3.8) is 0 Å². The maximum atomic E-state index is 13.2. The number of hydrogen-bond acceptors (Lipinski definition) is 3. The molecule has 0 amide bonds. The van der Waals surface area contributed by atoms with Gasteiger partial charge in [-0.2, -0.15) is 0 Å². The number of hydrogen-bond donors (Lipinski definition) is 0. The van der Waals surface area contributed by atoms with Crippen molar-refractivity contribution in [3.8, 4) is 0 Å². The van der Waals surface area contributed by atoms with E-state index in [9.17, 15) is 14.0 Å².